The van der Waals surface area contributed by atoms with Gasteiger partial charge in [0.1, 0.15) is 0 Å². The summed E-state index contributed by atoms with van der Waals surface area (Å²) in [5, 5.41) is 4.99. The molecular formula is C15H15NOS. The van der Waals surface area contributed by atoms with Gasteiger partial charge in [-0.1, -0.05) is 36.4 Å². The first kappa shape index (κ1) is 11.5. The van der Waals surface area contributed by atoms with Gasteiger partial charge in [-0.3, -0.25) is 4.79 Å². The van der Waals surface area contributed by atoms with Crippen LogP contribution in [0.4, 0.5) is 0 Å². The molecule has 18 heavy (non-hydrogen) atoms. The summed E-state index contributed by atoms with van der Waals surface area (Å²) in [6.07, 6.45) is 2.34. The van der Waals surface area contributed by atoms with Crippen molar-refractivity contribution in [3.8, 4) is 0 Å². The zero-order chi connectivity index (χ0) is 12.4. The van der Waals surface area contributed by atoms with Crippen LogP contribution in [0.25, 0.3) is 0 Å². The summed E-state index contributed by atoms with van der Waals surface area (Å²) in [5.74, 6) is 0.0483. The molecule has 0 atom stereocenters. The van der Waals surface area contributed by atoms with E-state index in [1.165, 1.54) is 29.7 Å². The van der Waals surface area contributed by atoms with Crippen molar-refractivity contribution in [1.82, 2.24) is 5.32 Å². The van der Waals surface area contributed by atoms with Gasteiger partial charge in [0.25, 0.3) is 5.91 Å². The molecule has 0 saturated heterocycles. The molecule has 1 aromatic heterocycles. The van der Waals surface area contributed by atoms with Gasteiger partial charge in [0.05, 0.1) is 4.88 Å². The Kier molecular flexibility index (Phi) is 2.92. The first-order valence-electron chi connectivity index (χ1n) is 6.17. The number of amides is 1. The van der Waals surface area contributed by atoms with E-state index in [-0.39, 0.29) is 11.3 Å². The molecule has 1 aliphatic rings. The molecule has 2 nitrogen and oxygen atoms in total. The van der Waals surface area contributed by atoms with Gasteiger partial charge in [0, 0.05) is 12.0 Å². The average molecular weight is 257 g/mol. The van der Waals surface area contributed by atoms with Gasteiger partial charge < -0.3 is 5.32 Å². The predicted molar refractivity (Wildman–Crippen MR) is 74.0 cm³/mol. The molecule has 2 aromatic rings. The lowest BCUT2D eigenvalue weighted by atomic mass is 9.96. The molecule has 1 amide bonds. The number of hydrogen-bond donors (Lipinski definition) is 1. The van der Waals surface area contributed by atoms with Crippen molar-refractivity contribution in [3.05, 3.63) is 58.3 Å². The number of benzene rings is 1. The van der Waals surface area contributed by atoms with Gasteiger partial charge in [0.15, 0.2) is 0 Å². The molecule has 0 bridgehead atoms. The van der Waals surface area contributed by atoms with E-state index in [2.05, 4.69) is 29.6 Å². The fourth-order valence-electron chi connectivity index (χ4n) is 2.25. The predicted octanol–water partition coefficient (Wildman–Crippen LogP) is 3.21. The van der Waals surface area contributed by atoms with Crippen molar-refractivity contribution in [2.24, 2.45) is 0 Å². The van der Waals surface area contributed by atoms with E-state index in [1.54, 1.807) is 0 Å². The Balaban J connectivity index is 1.66. The minimum atomic E-state index is 0.0483. The van der Waals surface area contributed by atoms with Crippen LogP contribution in [-0.4, -0.2) is 12.5 Å². The molecule has 1 aromatic carbocycles. The van der Waals surface area contributed by atoms with E-state index in [1.807, 2.05) is 23.6 Å². The van der Waals surface area contributed by atoms with Gasteiger partial charge in [-0.25, -0.2) is 0 Å². The van der Waals surface area contributed by atoms with E-state index >= 15 is 0 Å². The number of carbonyl (C=O) groups excluding carboxylic acids is 1. The number of hydrogen-bond acceptors (Lipinski definition) is 2. The molecule has 92 valence electrons. The molecule has 1 N–H and O–H groups in total. The van der Waals surface area contributed by atoms with Crippen LogP contribution < -0.4 is 5.32 Å². The normalized spacial score (nSPS) is 16.2. The largest absolute Gasteiger partial charge is 0.350 e. The molecule has 0 radical (unpaired) electrons. The maximum Gasteiger partial charge on any atom is 0.261 e. The summed E-state index contributed by atoms with van der Waals surface area (Å²) in [6.45, 7) is 0.744. The third kappa shape index (κ3) is 2.18. The number of carbonyl (C=O) groups is 1. The van der Waals surface area contributed by atoms with Crippen LogP contribution in [0.5, 0.6) is 0 Å². The van der Waals surface area contributed by atoms with Crippen LogP contribution in [0.1, 0.15) is 28.1 Å². The average Bonchev–Trinajstić information content (AvgIpc) is 3.01. The van der Waals surface area contributed by atoms with Gasteiger partial charge in [-0.15, -0.1) is 11.3 Å². The number of rotatable bonds is 4. The van der Waals surface area contributed by atoms with Crippen LogP contribution in [0, 0.1) is 0 Å². The lowest BCUT2D eigenvalue weighted by molar-refractivity contribution is 0.0954. The fraction of sp³-hybridized carbons (Fsp3) is 0.267. The number of thiophene rings is 1. The van der Waals surface area contributed by atoms with E-state index < -0.39 is 0 Å². The Labute approximate surface area is 111 Å². The Morgan fingerprint density at radius 3 is 2.56 bits per heavy atom. The third-order valence-corrected chi connectivity index (χ3v) is 4.44. The van der Waals surface area contributed by atoms with Crippen molar-refractivity contribution in [1.29, 1.82) is 0 Å². The molecule has 0 unspecified atom stereocenters. The first-order chi connectivity index (χ1) is 8.80. The lowest BCUT2D eigenvalue weighted by Gasteiger charge is -2.16. The first-order valence-corrected chi connectivity index (χ1v) is 7.05. The minimum Gasteiger partial charge on any atom is -0.350 e. The van der Waals surface area contributed by atoms with Gasteiger partial charge >= 0.3 is 0 Å². The summed E-state index contributed by atoms with van der Waals surface area (Å²) in [6, 6.07) is 14.2. The van der Waals surface area contributed by atoms with E-state index in [9.17, 15) is 4.79 Å². The topological polar surface area (TPSA) is 29.1 Å². The maximum absolute atomic E-state index is 11.9. The highest BCUT2D eigenvalue weighted by molar-refractivity contribution is 7.12. The summed E-state index contributed by atoms with van der Waals surface area (Å²) in [7, 11) is 0. The van der Waals surface area contributed by atoms with E-state index in [0.29, 0.717) is 0 Å². The second-order valence-electron chi connectivity index (χ2n) is 4.81. The SMILES string of the molecule is O=C(NCC1(c2ccccc2)CC1)c1cccs1. The molecule has 3 rings (SSSR count). The van der Waals surface area contributed by atoms with Crippen molar-refractivity contribution in [2.45, 2.75) is 18.3 Å². The maximum atomic E-state index is 11.9. The summed E-state index contributed by atoms with van der Waals surface area (Å²) >= 11 is 1.49. The van der Waals surface area contributed by atoms with Crippen LogP contribution >= 0.6 is 11.3 Å². The van der Waals surface area contributed by atoms with Crippen molar-refractivity contribution >= 4 is 17.2 Å². The summed E-state index contributed by atoms with van der Waals surface area (Å²) in [4.78, 5) is 12.7. The highest BCUT2D eigenvalue weighted by Gasteiger charge is 2.44. The number of nitrogens with one attached hydrogen (secondary N) is 1. The molecule has 0 aliphatic heterocycles. The third-order valence-electron chi connectivity index (χ3n) is 3.57. The molecule has 1 heterocycles. The molecule has 1 saturated carbocycles. The molecule has 3 heteroatoms. The van der Waals surface area contributed by atoms with Gasteiger partial charge in [-0.05, 0) is 29.9 Å². The fourth-order valence-corrected chi connectivity index (χ4v) is 2.89. The molecular weight excluding hydrogens is 242 g/mol. The Hall–Kier alpha value is -1.61. The Bertz CT molecular complexity index is 529. The Morgan fingerprint density at radius 1 is 1.17 bits per heavy atom. The van der Waals surface area contributed by atoms with E-state index in [0.717, 1.165) is 11.4 Å². The quantitative estimate of drug-likeness (QED) is 0.895. The van der Waals surface area contributed by atoms with Crippen LogP contribution in [0.3, 0.4) is 0 Å². The van der Waals surface area contributed by atoms with Gasteiger partial charge in [0.2, 0.25) is 0 Å². The van der Waals surface area contributed by atoms with Crippen LogP contribution in [0.2, 0.25) is 0 Å². The monoisotopic (exact) mass is 257 g/mol. The second kappa shape index (κ2) is 4.58. The van der Waals surface area contributed by atoms with E-state index in [4.69, 9.17) is 0 Å². The standard InChI is InChI=1S/C15H15NOS/c17-14(13-7-4-10-18-13)16-11-15(8-9-15)12-5-2-1-3-6-12/h1-7,10H,8-9,11H2,(H,16,17). The highest BCUT2D eigenvalue weighted by Crippen LogP contribution is 2.47. The minimum absolute atomic E-state index is 0.0483. The lowest BCUT2D eigenvalue weighted by Crippen LogP contribution is -2.31. The Morgan fingerprint density at radius 2 is 1.94 bits per heavy atom. The smallest absolute Gasteiger partial charge is 0.261 e. The van der Waals surface area contributed by atoms with Crippen molar-refractivity contribution in [3.63, 3.8) is 0 Å². The molecule has 1 aliphatic carbocycles. The van der Waals surface area contributed by atoms with Gasteiger partial charge in [-0.2, -0.15) is 0 Å². The zero-order valence-corrected chi connectivity index (χ0v) is 10.9. The molecule has 0 spiro atoms. The van der Waals surface area contributed by atoms with Crippen molar-refractivity contribution < 1.29 is 4.79 Å². The summed E-state index contributed by atoms with van der Waals surface area (Å²) < 4.78 is 0. The van der Waals surface area contributed by atoms with Crippen molar-refractivity contribution in [2.75, 3.05) is 6.54 Å². The zero-order valence-electron chi connectivity index (χ0n) is 10.1. The second-order valence-corrected chi connectivity index (χ2v) is 5.75. The van der Waals surface area contributed by atoms with Crippen LogP contribution in [-0.2, 0) is 5.41 Å². The highest BCUT2D eigenvalue weighted by atomic mass is 32.1. The summed E-state index contributed by atoms with van der Waals surface area (Å²) in [5.41, 5.74) is 1.53. The molecule has 1 fully saturated rings. The van der Waals surface area contributed by atoms with Crippen LogP contribution in [0.15, 0.2) is 47.8 Å².